The summed E-state index contributed by atoms with van der Waals surface area (Å²) in [5.74, 6) is 2.46. The highest BCUT2D eigenvalue weighted by molar-refractivity contribution is 7.10. The summed E-state index contributed by atoms with van der Waals surface area (Å²) in [7, 11) is 0. The highest BCUT2D eigenvalue weighted by Crippen LogP contribution is 2.05. The van der Waals surface area contributed by atoms with Gasteiger partial charge in [0.05, 0.1) is 0 Å². The third-order valence-electron chi connectivity index (χ3n) is 0.742. The van der Waals surface area contributed by atoms with E-state index in [-0.39, 0.29) is 7.43 Å². The van der Waals surface area contributed by atoms with Crippen molar-refractivity contribution in [2.45, 2.75) is 14.4 Å². The van der Waals surface area contributed by atoms with Gasteiger partial charge in [0.1, 0.15) is 0 Å². The van der Waals surface area contributed by atoms with Gasteiger partial charge in [0.2, 0.25) is 0 Å². The van der Waals surface area contributed by atoms with E-state index in [1.165, 1.54) is 11.3 Å². The highest BCUT2D eigenvalue weighted by atomic mass is 32.1. The van der Waals surface area contributed by atoms with Crippen LogP contribution in [0.3, 0.4) is 0 Å². The third kappa shape index (κ3) is 1.87. The predicted octanol–water partition coefficient (Wildman–Crippen LogP) is 2.07. The molecule has 0 aliphatic rings. The van der Waals surface area contributed by atoms with Gasteiger partial charge in [0.15, 0.2) is 5.01 Å². The minimum absolute atomic E-state index is 0. The van der Waals surface area contributed by atoms with Crippen molar-refractivity contribution in [3.8, 4) is 12.3 Å². The van der Waals surface area contributed by atoms with Crippen LogP contribution < -0.4 is 0 Å². The molecule has 0 bridgehead atoms. The molecule has 1 nitrogen and oxygen atoms in total. The van der Waals surface area contributed by atoms with Crippen molar-refractivity contribution in [3.63, 3.8) is 0 Å². The molecule has 0 spiro atoms. The van der Waals surface area contributed by atoms with E-state index in [0.717, 1.165) is 10.7 Å². The Labute approximate surface area is 59.8 Å². The summed E-state index contributed by atoms with van der Waals surface area (Å²) in [6, 6.07) is 0. The Bertz CT molecular complexity index is 219. The van der Waals surface area contributed by atoms with Crippen LogP contribution >= 0.6 is 11.3 Å². The van der Waals surface area contributed by atoms with E-state index < -0.39 is 0 Å². The summed E-state index contributed by atoms with van der Waals surface area (Å²) < 4.78 is 0. The fourth-order valence-electron chi connectivity index (χ4n) is 0.420. The first-order valence-corrected chi connectivity index (χ1v) is 3.09. The van der Waals surface area contributed by atoms with Crippen LogP contribution in [0.2, 0.25) is 0 Å². The predicted molar refractivity (Wildman–Crippen MR) is 41.5 cm³/mol. The largest absolute Gasteiger partial charge is 0.233 e. The number of terminal acetylenes is 1. The first-order valence-electron chi connectivity index (χ1n) is 2.21. The van der Waals surface area contributed by atoms with Crippen molar-refractivity contribution in [2.24, 2.45) is 0 Å². The number of thiazole rings is 1. The lowest BCUT2D eigenvalue weighted by atomic mass is 10.6. The Morgan fingerprint density at radius 2 is 2.44 bits per heavy atom. The second-order valence-electron chi connectivity index (χ2n) is 1.44. The van der Waals surface area contributed by atoms with Gasteiger partial charge in [0, 0.05) is 11.1 Å². The number of nitrogens with zero attached hydrogens (tertiary/aromatic N) is 1. The highest BCUT2D eigenvalue weighted by Gasteiger charge is 1.89. The van der Waals surface area contributed by atoms with Crippen LogP contribution in [0.25, 0.3) is 0 Å². The molecule has 1 aromatic heterocycles. The minimum atomic E-state index is 0. The monoisotopic (exact) mass is 139 g/mol. The molecular weight excluding hydrogens is 130 g/mol. The van der Waals surface area contributed by atoms with E-state index in [2.05, 4.69) is 10.9 Å². The van der Waals surface area contributed by atoms with Crippen LogP contribution in [0.4, 0.5) is 0 Å². The SMILES string of the molecule is C.C#Cc1nc(C)cs1. The summed E-state index contributed by atoms with van der Waals surface area (Å²) in [6.07, 6.45) is 5.06. The van der Waals surface area contributed by atoms with Crippen LogP contribution in [-0.4, -0.2) is 4.98 Å². The number of rotatable bonds is 0. The molecule has 0 fully saturated rings. The molecule has 0 radical (unpaired) electrons. The summed E-state index contributed by atoms with van der Waals surface area (Å²) in [6.45, 7) is 1.93. The lowest BCUT2D eigenvalue weighted by molar-refractivity contribution is 1.25. The number of aryl methyl sites for hydroxylation is 1. The van der Waals surface area contributed by atoms with Crippen LogP contribution in [0.5, 0.6) is 0 Å². The molecule has 1 heterocycles. The van der Waals surface area contributed by atoms with Crippen LogP contribution in [-0.2, 0) is 0 Å². The molecule has 0 aliphatic heterocycles. The lowest BCUT2D eigenvalue weighted by Gasteiger charge is -1.71. The molecule has 0 aliphatic carbocycles. The molecule has 0 unspecified atom stereocenters. The number of hydrogen-bond acceptors (Lipinski definition) is 2. The van der Waals surface area contributed by atoms with Crippen molar-refractivity contribution in [3.05, 3.63) is 16.1 Å². The Morgan fingerprint density at radius 3 is 2.67 bits per heavy atom. The normalized spacial score (nSPS) is 7.56. The standard InChI is InChI=1S/C6H5NS.CH4/c1-3-6-7-5(2)4-8-6;/h1,4H,2H3;1H4. The maximum atomic E-state index is 5.06. The molecule has 9 heavy (non-hydrogen) atoms. The molecule has 0 amide bonds. The minimum Gasteiger partial charge on any atom is -0.233 e. The van der Waals surface area contributed by atoms with Crippen molar-refractivity contribution in [2.75, 3.05) is 0 Å². The average molecular weight is 139 g/mol. The van der Waals surface area contributed by atoms with E-state index >= 15 is 0 Å². The van der Waals surface area contributed by atoms with Crippen LogP contribution in [0.1, 0.15) is 18.1 Å². The fourth-order valence-corrected chi connectivity index (χ4v) is 1.02. The zero-order valence-electron chi connectivity index (χ0n) is 4.51. The molecule has 48 valence electrons. The fraction of sp³-hybridized carbons (Fsp3) is 0.286. The van der Waals surface area contributed by atoms with E-state index in [1.54, 1.807) is 0 Å². The van der Waals surface area contributed by atoms with E-state index in [4.69, 9.17) is 6.42 Å². The van der Waals surface area contributed by atoms with Gasteiger partial charge in [-0.05, 0) is 12.8 Å². The Kier molecular flexibility index (Phi) is 2.97. The summed E-state index contributed by atoms with van der Waals surface area (Å²) in [4.78, 5) is 4.01. The maximum absolute atomic E-state index is 5.06. The zero-order chi connectivity index (χ0) is 5.98. The van der Waals surface area contributed by atoms with E-state index in [9.17, 15) is 0 Å². The second kappa shape index (κ2) is 3.26. The van der Waals surface area contributed by atoms with Gasteiger partial charge >= 0.3 is 0 Å². The van der Waals surface area contributed by atoms with E-state index in [0.29, 0.717) is 0 Å². The van der Waals surface area contributed by atoms with Gasteiger partial charge in [-0.15, -0.1) is 17.8 Å². The molecule has 0 N–H and O–H groups in total. The van der Waals surface area contributed by atoms with Gasteiger partial charge in [0.25, 0.3) is 0 Å². The molecule has 0 saturated carbocycles. The molecule has 1 rings (SSSR count). The maximum Gasteiger partial charge on any atom is 0.166 e. The number of aromatic nitrogens is 1. The quantitative estimate of drug-likeness (QED) is 0.501. The van der Waals surface area contributed by atoms with Crippen LogP contribution in [0.15, 0.2) is 5.38 Å². The average Bonchev–Trinajstić information content (AvgIpc) is 2.14. The Morgan fingerprint density at radius 1 is 1.78 bits per heavy atom. The molecule has 0 saturated heterocycles. The summed E-state index contributed by atoms with van der Waals surface area (Å²) in [5, 5.41) is 2.71. The molecular formula is C7H9NS. The lowest BCUT2D eigenvalue weighted by Crippen LogP contribution is -1.69. The third-order valence-corrected chi connectivity index (χ3v) is 1.63. The van der Waals surface area contributed by atoms with Gasteiger partial charge in [-0.2, -0.15) is 0 Å². The summed E-state index contributed by atoms with van der Waals surface area (Å²) in [5.41, 5.74) is 1.00. The molecule has 2 heteroatoms. The Hall–Kier alpha value is -0.810. The van der Waals surface area contributed by atoms with Gasteiger partial charge in [-0.1, -0.05) is 7.43 Å². The summed E-state index contributed by atoms with van der Waals surface area (Å²) >= 11 is 1.50. The number of hydrogen-bond donors (Lipinski definition) is 0. The van der Waals surface area contributed by atoms with Crippen molar-refractivity contribution in [1.82, 2.24) is 4.98 Å². The van der Waals surface area contributed by atoms with Crippen molar-refractivity contribution < 1.29 is 0 Å². The Balaban J connectivity index is 0.000000640. The van der Waals surface area contributed by atoms with Gasteiger partial charge in [-0.25, -0.2) is 4.98 Å². The molecule has 1 aromatic rings. The van der Waals surface area contributed by atoms with Gasteiger partial charge < -0.3 is 0 Å². The van der Waals surface area contributed by atoms with Crippen molar-refractivity contribution >= 4 is 11.3 Å². The van der Waals surface area contributed by atoms with Crippen LogP contribution in [0, 0.1) is 19.3 Å². The van der Waals surface area contributed by atoms with E-state index in [1.807, 2.05) is 12.3 Å². The van der Waals surface area contributed by atoms with Crippen molar-refractivity contribution in [1.29, 1.82) is 0 Å². The topological polar surface area (TPSA) is 12.9 Å². The first-order chi connectivity index (χ1) is 3.83. The smallest absolute Gasteiger partial charge is 0.166 e. The van der Waals surface area contributed by atoms with Gasteiger partial charge in [-0.3, -0.25) is 0 Å². The molecule has 0 aromatic carbocycles. The zero-order valence-corrected chi connectivity index (χ0v) is 5.33. The molecule has 0 atom stereocenters. The second-order valence-corrected chi connectivity index (χ2v) is 2.30. The first kappa shape index (κ1) is 8.19.